The highest BCUT2D eigenvalue weighted by atomic mass is 16.7. The van der Waals surface area contributed by atoms with Crippen molar-refractivity contribution in [3.8, 4) is 0 Å². The monoisotopic (exact) mass is 504 g/mol. The second kappa shape index (κ2) is 12.3. The maximum Gasteiger partial charge on any atom is 0.338 e. The molecule has 0 saturated carbocycles. The summed E-state index contributed by atoms with van der Waals surface area (Å²) in [5.74, 6) is -1.92. The van der Waals surface area contributed by atoms with Gasteiger partial charge >= 0.3 is 17.9 Å². The quantitative estimate of drug-likeness (QED) is 0.334. The average Bonchev–Trinajstić information content (AvgIpc) is 2.94. The highest BCUT2D eigenvalue weighted by molar-refractivity contribution is 5.91. The van der Waals surface area contributed by atoms with Crippen molar-refractivity contribution in [2.24, 2.45) is 0 Å². The number of benzene rings is 3. The van der Waals surface area contributed by atoms with Crippen LogP contribution in [0.1, 0.15) is 38.0 Å². The Kier molecular flexibility index (Phi) is 8.66. The molecule has 5 atom stereocenters. The van der Waals surface area contributed by atoms with Gasteiger partial charge in [0.05, 0.1) is 29.4 Å². The predicted molar refractivity (Wildman–Crippen MR) is 133 cm³/mol. The summed E-state index contributed by atoms with van der Waals surface area (Å²) < 4.78 is 28.9. The minimum Gasteiger partial charge on any atom is -0.452 e. The van der Waals surface area contributed by atoms with Crippen molar-refractivity contribution < 1.29 is 38.1 Å². The Hall–Kier alpha value is -4.01. The van der Waals surface area contributed by atoms with Gasteiger partial charge in [-0.25, -0.2) is 14.4 Å². The van der Waals surface area contributed by atoms with E-state index in [9.17, 15) is 14.4 Å². The molecule has 3 aromatic carbocycles. The lowest BCUT2D eigenvalue weighted by molar-refractivity contribution is -0.226. The number of esters is 3. The van der Waals surface area contributed by atoms with Gasteiger partial charge in [0.1, 0.15) is 6.10 Å². The fourth-order valence-electron chi connectivity index (χ4n) is 4.13. The lowest BCUT2D eigenvalue weighted by Crippen LogP contribution is -2.61. The first-order valence-corrected chi connectivity index (χ1v) is 11.9. The number of methoxy groups -OCH3 is 1. The summed E-state index contributed by atoms with van der Waals surface area (Å²) in [4.78, 5) is 39.1. The normalized spacial score (nSPS) is 23.0. The van der Waals surface area contributed by atoms with E-state index < -0.39 is 48.4 Å². The van der Waals surface area contributed by atoms with Crippen molar-refractivity contribution in [2.75, 3.05) is 13.7 Å². The van der Waals surface area contributed by atoms with E-state index in [4.69, 9.17) is 23.7 Å². The standard InChI is InChI=1S/C29H28O8/c1-19-24(35-27(30)20-12-6-3-7-13-20)26(37-29(32)22-16-10-5-11-17-22)25(23(34-19)18-33-2)36-28(31)21-14-8-4-9-15-21/h3-17,19,23-26H,18H2,1-2H3. The molecule has 0 radical (unpaired) electrons. The van der Waals surface area contributed by atoms with E-state index in [0.29, 0.717) is 16.7 Å². The van der Waals surface area contributed by atoms with E-state index in [1.165, 1.54) is 7.11 Å². The first kappa shape index (κ1) is 26.1. The van der Waals surface area contributed by atoms with Gasteiger partial charge in [-0.05, 0) is 43.3 Å². The molecule has 5 unspecified atom stereocenters. The van der Waals surface area contributed by atoms with Gasteiger partial charge in [0.2, 0.25) is 0 Å². The van der Waals surface area contributed by atoms with Crippen LogP contribution in [-0.4, -0.2) is 62.1 Å². The van der Waals surface area contributed by atoms with Crippen LogP contribution >= 0.6 is 0 Å². The molecule has 0 aromatic heterocycles. The van der Waals surface area contributed by atoms with Crippen molar-refractivity contribution in [2.45, 2.75) is 37.4 Å². The third-order valence-corrected chi connectivity index (χ3v) is 5.95. The lowest BCUT2D eigenvalue weighted by Gasteiger charge is -2.43. The number of rotatable bonds is 8. The van der Waals surface area contributed by atoms with Crippen LogP contribution in [-0.2, 0) is 23.7 Å². The Bertz CT molecular complexity index is 1180. The molecule has 1 aliphatic rings. The Morgan fingerprint density at radius 1 is 0.622 bits per heavy atom. The zero-order chi connectivity index (χ0) is 26.2. The number of hydrogen-bond donors (Lipinski definition) is 0. The third kappa shape index (κ3) is 6.41. The summed E-state index contributed by atoms with van der Waals surface area (Å²) in [5, 5.41) is 0. The molecule has 3 aromatic rings. The predicted octanol–water partition coefficient (Wildman–Crippen LogP) is 4.10. The molecule has 192 valence electrons. The van der Waals surface area contributed by atoms with Crippen LogP contribution in [0.5, 0.6) is 0 Å². The van der Waals surface area contributed by atoms with Crippen LogP contribution in [0.3, 0.4) is 0 Å². The summed E-state index contributed by atoms with van der Waals surface area (Å²) in [6, 6.07) is 25.2. The van der Waals surface area contributed by atoms with E-state index in [-0.39, 0.29) is 6.61 Å². The van der Waals surface area contributed by atoms with Crippen LogP contribution < -0.4 is 0 Å². The third-order valence-electron chi connectivity index (χ3n) is 5.95. The van der Waals surface area contributed by atoms with Gasteiger partial charge in [-0.3, -0.25) is 0 Å². The topological polar surface area (TPSA) is 97.4 Å². The second-order valence-corrected chi connectivity index (χ2v) is 8.54. The van der Waals surface area contributed by atoms with Gasteiger partial charge in [0.15, 0.2) is 18.3 Å². The van der Waals surface area contributed by atoms with Gasteiger partial charge in [0, 0.05) is 7.11 Å². The summed E-state index contributed by atoms with van der Waals surface area (Å²) >= 11 is 0. The molecule has 0 bridgehead atoms. The van der Waals surface area contributed by atoms with E-state index in [2.05, 4.69) is 0 Å². The van der Waals surface area contributed by atoms with Crippen LogP contribution in [0.2, 0.25) is 0 Å². The average molecular weight is 505 g/mol. The molecule has 8 nitrogen and oxygen atoms in total. The number of carbonyl (C=O) groups excluding carboxylic acids is 3. The van der Waals surface area contributed by atoms with E-state index >= 15 is 0 Å². The van der Waals surface area contributed by atoms with Gasteiger partial charge in [-0.2, -0.15) is 0 Å². The summed E-state index contributed by atoms with van der Waals surface area (Å²) in [5.41, 5.74) is 0.925. The molecule has 37 heavy (non-hydrogen) atoms. The molecule has 0 amide bonds. The van der Waals surface area contributed by atoms with E-state index in [1.54, 1.807) is 97.9 Å². The molecule has 0 aliphatic carbocycles. The Morgan fingerprint density at radius 3 is 1.41 bits per heavy atom. The van der Waals surface area contributed by atoms with Crippen molar-refractivity contribution in [3.63, 3.8) is 0 Å². The van der Waals surface area contributed by atoms with Crippen LogP contribution in [0.15, 0.2) is 91.0 Å². The minimum atomic E-state index is -1.17. The Balaban J connectivity index is 1.67. The van der Waals surface area contributed by atoms with Crippen molar-refractivity contribution in [1.29, 1.82) is 0 Å². The molecule has 0 spiro atoms. The van der Waals surface area contributed by atoms with Crippen LogP contribution in [0.4, 0.5) is 0 Å². The zero-order valence-electron chi connectivity index (χ0n) is 20.5. The SMILES string of the molecule is COCC1OC(C)C(OC(=O)c2ccccc2)C(OC(=O)c2ccccc2)C1OC(=O)c1ccccc1. The smallest absolute Gasteiger partial charge is 0.338 e. The van der Waals surface area contributed by atoms with Crippen LogP contribution in [0, 0.1) is 0 Å². The first-order chi connectivity index (χ1) is 18.0. The minimum absolute atomic E-state index is 0.0514. The molecule has 8 heteroatoms. The van der Waals surface area contributed by atoms with Crippen LogP contribution in [0.25, 0.3) is 0 Å². The largest absolute Gasteiger partial charge is 0.452 e. The fraction of sp³-hybridized carbons (Fsp3) is 0.276. The Morgan fingerprint density at radius 2 is 1.00 bits per heavy atom. The summed E-state index contributed by atoms with van der Waals surface area (Å²) in [6.07, 6.45) is -4.84. The first-order valence-electron chi connectivity index (χ1n) is 11.9. The van der Waals surface area contributed by atoms with E-state index in [1.807, 2.05) is 0 Å². The highest BCUT2D eigenvalue weighted by Crippen LogP contribution is 2.30. The fourth-order valence-corrected chi connectivity index (χ4v) is 4.13. The Labute approximate surface area is 215 Å². The molecular weight excluding hydrogens is 476 g/mol. The highest BCUT2D eigenvalue weighted by Gasteiger charge is 2.51. The van der Waals surface area contributed by atoms with Gasteiger partial charge in [0.25, 0.3) is 0 Å². The lowest BCUT2D eigenvalue weighted by atomic mass is 9.94. The molecule has 4 rings (SSSR count). The number of hydrogen-bond acceptors (Lipinski definition) is 8. The summed E-state index contributed by atoms with van der Waals surface area (Å²) in [7, 11) is 1.48. The van der Waals surface area contributed by atoms with E-state index in [0.717, 1.165) is 0 Å². The molecule has 1 fully saturated rings. The number of carbonyl (C=O) groups is 3. The van der Waals surface area contributed by atoms with Gasteiger partial charge < -0.3 is 23.7 Å². The van der Waals surface area contributed by atoms with Gasteiger partial charge in [-0.1, -0.05) is 54.6 Å². The zero-order valence-corrected chi connectivity index (χ0v) is 20.5. The second-order valence-electron chi connectivity index (χ2n) is 8.54. The molecule has 0 N–H and O–H groups in total. The maximum absolute atomic E-state index is 13.1. The molecule has 1 heterocycles. The molecule has 1 saturated heterocycles. The van der Waals surface area contributed by atoms with Gasteiger partial charge in [-0.15, -0.1) is 0 Å². The molecular formula is C29H28O8. The van der Waals surface area contributed by atoms with Crippen molar-refractivity contribution in [3.05, 3.63) is 108 Å². The molecule has 1 aliphatic heterocycles. The number of ether oxygens (including phenoxy) is 5. The van der Waals surface area contributed by atoms with Crippen molar-refractivity contribution >= 4 is 17.9 Å². The maximum atomic E-state index is 13.1. The summed E-state index contributed by atoms with van der Waals surface area (Å²) in [6.45, 7) is 1.75. The van der Waals surface area contributed by atoms with Crippen molar-refractivity contribution in [1.82, 2.24) is 0 Å².